The van der Waals surface area contributed by atoms with Crippen molar-refractivity contribution in [2.75, 3.05) is 17.7 Å². The fourth-order valence-electron chi connectivity index (χ4n) is 3.34. The number of fused-ring (bicyclic) bond motifs is 1. The standard InChI is InChI=1S/C18H23N7/c1-10-3-4-13-15(5-10)22-16(21-13)9-25(2)17-8-14(23-18(20)24-17)11-6-12(19)7-11/h3-5,8,11-12H,6-7,9,19H2,1-2H3,(H,21,22)(H2,20,23,24). The van der Waals surface area contributed by atoms with E-state index in [1.165, 1.54) is 5.56 Å². The second-order valence-electron chi connectivity index (χ2n) is 7.00. The predicted octanol–water partition coefficient (Wildman–Crippen LogP) is 2.08. The smallest absolute Gasteiger partial charge is 0.222 e. The summed E-state index contributed by atoms with van der Waals surface area (Å²) in [5, 5.41) is 0. The van der Waals surface area contributed by atoms with E-state index in [1.54, 1.807) is 0 Å². The van der Waals surface area contributed by atoms with E-state index in [1.807, 2.05) is 24.1 Å². The molecule has 5 N–H and O–H groups in total. The molecular weight excluding hydrogens is 314 g/mol. The molecule has 0 amide bonds. The highest BCUT2D eigenvalue weighted by Crippen LogP contribution is 2.35. The van der Waals surface area contributed by atoms with E-state index in [0.29, 0.717) is 18.4 Å². The zero-order chi connectivity index (χ0) is 17.6. The number of aryl methyl sites for hydroxylation is 1. The molecule has 1 aromatic carbocycles. The van der Waals surface area contributed by atoms with Crippen LogP contribution in [0.15, 0.2) is 24.3 Å². The fourth-order valence-corrected chi connectivity index (χ4v) is 3.34. The highest BCUT2D eigenvalue weighted by atomic mass is 15.2. The number of nitrogens with two attached hydrogens (primary N) is 2. The Labute approximate surface area is 146 Å². The molecule has 0 unspecified atom stereocenters. The molecule has 0 atom stereocenters. The lowest BCUT2D eigenvalue weighted by molar-refractivity contribution is 0.345. The first-order chi connectivity index (χ1) is 12.0. The summed E-state index contributed by atoms with van der Waals surface area (Å²) in [5.74, 6) is 2.40. The van der Waals surface area contributed by atoms with E-state index < -0.39 is 0 Å². The van der Waals surface area contributed by atoms with Crippen LogP contribution in [0.4, 0.5) is 11.8 Å². The van der Waals surface area contributed by atoms with Crippen LogP contribution in [-0.2, 0) is 6.54 Å². The van der Waals surface area contributed by atoms with Gasteiger partial charge >= 0.3 is 0 Å². The molecule has 1 aliphatic carbocycles. The molecule has 1 fully saturated rings. The van der Waals surface area contributed by atoms with Crippen molar-refractivity contribution in [3.8, 4) is 0 Å². The molecular formula is C18H23N7. The number of hydrogen-bond acceptors (Lipinski definition) is 6. The molecule has 130 valence electrons. The van der Waals surface area contributed by atoms with Gasteiger partial charge in [-0.1, -0.05) is 6.07 Å². The second-order valence-corrected chi connectivity index (χ2v) is 7.00. The van der Waals surface area contributed by atoms with Crippen LogP contribution in [0.5, 0.6) is 0 Å². The molecule has 1 saturated carbocycles. The van der Waals surface area contributed by atoms with Gasteiger partial charge in [0.25, 0.3) is 0 Å². The second kappa shape index (κ2) is 6.00. The first kappa shape index (κ1) is 15.8. The van der Waals surface area contributed by atoms with Gasteiger partial charge in [0.1, 0.15) is 11.6 Å². The Morgan fingerprint density at radius 1 is 1.20 bits per heavy atom. The van der Waals surface area contributed by atoms with Gasteiger partial charge in [-0.15, -0.1) is 0 Å². The van der Waals surface area contributed by atoms with Crippen LogP contribution >= 0.6 is 0 Å². The van der Waals surface area contributed by atoms with E-state index in [4.69, 9.17) is 11.5 Å². The molecule has 4 rings (SSSR count). The Bertz CT molecular complexity index is 911. The molecule has 2 heterocycles. The molecule has 2 aromatic heterocycles. The molecule has 1 aliphatic rings. The number of aromatic amines is 1. The lowest BCUT2D eigenvalue weighted by atomic mass is 9.78. The zero-order valence-corrected chi connectivity index (χ0v) is 14.5. The molecule has 0 aliphatic heterocycles. The first-order valence-electron chi connectivity index (χ1n) is 8.54. The molecule has 25 heavy (non-hydrogen) atoms. The number of hydrogen-bond donors (Lipinski definition) is 3. The highest BCUT2D eigenvalue weighted by molar-refractivity contribution is 5.75. The van der Waals surface area contributed by atoms with Gasteiger partial charge in [0.15, 0.2) is 0 Å². The minimum atomic E-state index is 0.279. The van der Waals surface area contributed by atoms with Crippen molar-refractivity contribution in [2.45, 2.75) is 38.3 Å². The fraction of sp³-hybridized carbons (Fsp3) is 0.389. The van der Waals surface area contributed by atoms with Gasteiger partial charge in [0.2, 0.25) is 5.95 Å². The molecule has 7 heteroatoms. The van der Waals surface area contributed by atoms with E-state index in [9.17, 15) is 0 Å². The maximum absolute atomic E-state index is 5.92. The summed E-state index contributed by atoms with van der Waals surface area (Å²) in [4.78, 5) is 18.8. The number of benzene rings is 1. The zero-order valence-electron chi connectivity index (χ0n) is 14.5. The van der Waals surface area contributed by atoms with E-state index in [2.05, 4.69) is 39.0 Å². The Morgan fingerprint density at radius 2 is 2.00 bits per heavy atom. The van der Waals surface area contributed by atoms with Gasteiger partial charge in [0.05, 0.1) is 23.3 Å². The summed E-state index contributed by atoms with van der Waals surface area (Å²) in [6.45, 7) is 2.69. The summed E-state index contributed by atoms with van der Waals surface area (Å²) < 4.78 is 0. The Balaban J connectivity index is 1.56. The topological polar surface area (TPSA) is 110 Å². The summed E-state index contributed by atoms with van der Waals surface area (Å²) >= 11 is 0. The summed E-state index contributed by atoms with van der Waals surface area (Å²) in [7, 11) is 1.98. The predicted molar refractivity (Wildman–Crippen MR) is 99.3 cm³/mol. The van der Waals surface area contributed by atoms with Crippen LogP contribution in [-0.4, -0.2) is 33.0 Å². The largest absolute Gasteiger partial charge is 0.368 e. The van der Waals surface area contributed by atoms with Crippen LogP contribution in [0.3, 0.4) is 0 Å². The minimum Gasteiger partial charge on any atom is -0.368 e. The number of imidazole rings is 1. The number of H-pyrrole nitrogens is 1. The van der Waals surface area contributed by atoms with E-state index >= 15 is 0 Å². The van der Waals surface area contributed by atoms with Crippen molar-refractivity contribution in [1.82, 2.24) is 19.9 Å². The van der Waals surface area contributed by atoms with Crippen LogP contribution in [0.2, 0.25) is 0 Å². The monoisotopic (exact) mass is 337 g/mol. The molecule has 0 saturated heterocycles. The number of nitrogens with one attached hydrogen (secondary N) is 1. The van der Waals surface area contributed by atoms with E-state index in [-0.39, 0.29) is 6.04 Å². The normalized spacial score (nSPS) is 19.8. The maximum Gasteiger partial charge on any atom is 0.222 e. The van der Waals surface area contributed by atoms with Crippen molar-refractivity contribution in [1.29, 1.82) is 0 Å². The first-order valence-corrected chi connectivity index (χ1v) is 8.54. The lowest BCUT2D eigenvalue weighted by Crippen LogP contribution is -2.35. The number of rotatable bonds is 4. The molecule has 7 nitrogen and oxygen atoms in total. The Morgan fingerprint density at radius 3 is 2.76 bits per heavy atom. The third kappa shape index (κ3) is 3.15. The lowest BCUT2D eigenvalue weighted by Gasteiger charge is -2.32. The van der Waals surface area contributed by atoms with Gasteiger partial charge in [-0.2, -0.15) is 4.98 Å². The molecule has 0 spiro atoms. The van der Waals surface area contributed by atoms with Crippen LogP contribution in [0, 0.1) is 6.92 Å². The summed E-state index contributed by atoms with van der Waals surface area (Å²) in [6.07, 6.45) is 1.92. The average molecular weight is 337 g/mol. The third-order valence-corrected chi connectivity index (χ3v) is 4.81. The number of anilines is 2. The quantitative estimate of drug-likeness (QED) is 0.672. The van der Waals surface area contributed by atoms with Gasteiger partial charge in [-0.3, -0.25) is 0 Å². The Hall–Kier alpha value is -2.67. The maximum atomic E-state index is 5.92. The van der Waals surface area contributed by atoms with Gasteiger partial charge in [-0.05, 0) is 37.5 Å². The molecule has 0 radical (unpaired) electrons. The van der Waals surface area contributed by atoms with Crippen molar-refractivity contribution >= 4 is 22.8 Å². The highest BCUT2D eigenvalue weighted by Gasteiger charge is 2.29. The average Bonchev–Trinajstić information content (AvgIpc) is 2.92. The van der Waals surface area contributed by atoms with Crippen LogP contribution in [0.1, 0.15) is 35.8 Å². The van der Waals surface area contributed by atoms with E-state index in [0.717, 1.165) is 41.2 Å². The molecule has 0 bridgehead atoms. The van der Waals surface area contributed by atoms with Crippen LogP contribution in [0.25, 0.3) is 11.0 Å². The Kier molecular flexibility index (Phi) is 3.80. The number of nitrogens with zero attached hydrogens (tertiary/aromatic N) is 4. The number of nitrogen functional groups attached to an aromatic ring is 1. The van der Waals surface area contributed by atoms with Crippen LogP contribution < -0.4 is 16.4 Å². The van der Waals surface area contributed by atoms with Crippen molar-refractivity contribution in [3.63, 3.8) is 0 Å². The van der Waals surface area contributed by atoms with Crippen molar-refractivity contribution < 1.29 is 0 Å². The summed E-state index contributed by atoms with van der Waals surface area (Å²) in [6, 6.07) is 8.50. The SMILES string of the molecule is Cc1ccc2nc(CN(C)c3cc(C4CC(N)C4)nc(N)n3)[nH]c2c1. The summed E-state index contributed by atoms with van der Waals surface area (Å²) in [5.41, 5.74) is 16.0. The third-order valence-electron chi connectivity index (χ3n) is 4.81. The molecule has 3 aromatic rings. The van der Waals surface area contributed by atoms with Gasteiger partial charge in [0, 0.05) is 25.1 Å². The minimum absolute atomic E-state index is 0.279. The van der Waals surface area contributed by atoms with Gasteiger partial charge < -0.3 is 21.4 Å². The van der Waals surface area contributed by atoms with Crippen molar-refractivity contribution in [3.05, 3.63) is 41.3 Å². The van der Waals surface area contributed by atoms with Crippen molar-refractivity contribution in [2.24, 2.45) is 5.73 Å². The van der Waals surface area contributed by atoms with Gasteiger partial charge in [-0.25, -0.2) is 9.97 Å². The number of aromatic nitrogens is 4.